The quantitative estimate of drug-likeness (QED) is 0.588. The molecular weight excluding hydrogens is 302 g/mol. The molecule has 0 unspecified atom stereocenters. The van der Waals surface area contributed by atoms with E-state index in [1.165, 1.54) is 7.11 Å². The van der Waals surface area contributed by atoms with Crippen molar-refractivity contribution < 1.29 is 24.0 Å². The first-order valence-corrected chi connectivity index (χ1v) is 7.11. The molecule has 8 heteroatoms. The Balaban J connectivity index is 2.16. The lowest BCUT2D eigenvalue weighted by Gasteiger charge is -2.22. The number of nitrogens with zero attached hydrogens (tertiary/aromatic N) is 1. The van der Waals surface area contributed by atoms with Crippen molar-refractivity contribution in [2.75, 3.05) is 20.3 Å². The number of nitrogens with one attached hydrogen (secondary N) is 2. The minimum atomic E-state index is -1.23. The summed E-state index contributed by atoms with van der Waals surface area (Å²) in [5.41, 5.74) is 1.53. The van der Waals surface area contributed by atoms with E-state index in [0.717, 1.165) is 4.90 Å². The van der Waals surface area contributed by atoms with Crippen LogP contribution in [-0.4, -0.2) is 43.0 Å². The van der Waals surface area contributed by atoms with Crippen LogP contribution >= 0.6 is 0 Å². The van der Waals surface area contributed by atoms with E-state index in [2.05, 4.69) is 10.8 Å². The number of amides is 4. The Hall–Kier alpha value is -2.61. The topological polar surface area (TPSA) is 97.0 Å². The molecule has 23 heavy (non-hydrogen) atoms. The molecule has 0 aliphatic carbocycles. The summed E-state index contributed by atoms with van der Waals surface area (Å²) in [6.07, 6.45) is 0. The summed E-state index contributed by atoms with van der Waals surface area (Å²) in [5.74, 6) is -0.435. The molecule has 124 valence electrons. The molecule has 0 aromatic heterocycles. The van der Waals surface area contributed by atoms with Crippen molar-refractivity contribution in [2.45, 2.75) is 19.4 Å². The van der Waals surface area contributed by atoms with E-state index in [9.17, 15) is 14.4 Å². The van der Waals surface area contributed by atoms with Gasteiger partial charge in [-0.2, -0.15) is 0 Å². The summed E-state index contributed by atoms with van der Waals surface area (Å²) in [6, 6.07) is 6.16. The fourth-order valence-electron chi connectivity index (χ4n) is 2.29. The summed E-state index contributed by atoms with van der Waals surface area (Å²) in [7, 11) is 1.54. The highest BCUT2D eigenvalue weighted by Crippen LogP contribution is 2.29. The van der Waals surface area contributed by atoms with Gasteiger partial charge in [0.15, 0.2) is 0 Å². The van der Waals surface area contributed by atoms with E-state index >= 15 is 0 Å². The van der Waals surface area contributed by atoms with Crippen LogP contribution in [0.2, 0.25) is 0 Å². The van der Waals surface area contributed by atoms with E-state index in [1.54, 1.807) is 38.1 Å². The third-order valence-corrected chi connectivity index (χ3v) is 3.57. The highest BCUT2D eigenvalue weighted by Gasteiger charge is 2.49. The Labute approximate surface area is 133 Å². The van der Waals surface area contributed by atoms with Crippen LogP contribution in [0.4, 0.5) is 4.79 Å². The number of carbonyl (C=O) groups is 3. The Morgan fingerprint density at radius 1 is 1.30 bits per heavy atom. The molecule has 0 bridgehead atoms. The number of rotatable bonds is 6. The Morgan fingerprint density at radius 2 is 1.96 bits per heavy atom. The van der Waals surface area contributed by atoms with E-state index in [4.69, 9.17) is 9.57 Å². The molecule has 8 nitrogen and oxygen atoms in total. The summed E-state index contributed by atoms with van der Waals surface area (Å²) < 4.78 is 5.07. The van der Waals surface area contributed by atoms with Gasteiger partial charge in [0.2, 0.25) is 0 Å². The van der Waals surface area contributed by atoms with Crippen LogP contribution < -0.4 is 15.5 Å². The molecule has 0 saturated carbocycles. The molecule has 2 rings (SSSR count). The Bertz CT molecular complexity index is 616. The second-order valence-corrected chi connectivity index (χ2v) is 5.13. The number of hydroxylamine groups is 1. The minimum absolute atomic E-state index is 0.287. The van der Waals surface area contributed by atoms with Crippen LogP contribution in [-0.2, 0) is 20.0 Å². The zero-order chi connectivity index (χ0) is 17.0. The molecule has 1 heterocycles. The molecule has 2 N–H and O–H groups in total. The highest BCUT2D eigenvalue weighted by molar-refractivity contribution is 6.09. The lowest BCUT2D eigenvalue weighted by molar-refractivity contribution is -0.139. The number of hydrogen-bond acceptors (Lipinski definition) is 5. The largest absolute Gasteiger partial charge is 0.497 e. The maximum absolute atomic E-state index is 12.6. The van der Waals surface area contributed by atoms with E-state index < -0.39 is 29.9 Å². The predicted molar refractivity (Wildman–Crippen MR) is 80.4 cm³/mol. The standard InChI is InChI=1S/C15H19N3O5/c1-4-23-17-12(19)9-18-13(20)15(2,16-14(18)21)10-5-7-11(22-3)8-6-10/h5-8H,4,9H2,1-3H3,(H,16,21)(H,17,19)/t15-/m0/s1. The van der Waals surface area contributed by atoms with Gasteiger partial charge in [0.25, 0.3) is 11.8 Å². The summed E-state index contributed by atoms with van der Waals surface area (Å²) in [6.45, 7) is 3.18. The number of ether oxygens (including phenoxy) is 1. The van der Waals surface area contributed by atoms with Gasteiger partial charge in [-0.3, -0.25) is 19.3 Å². The summed E-state index contributed by atoms with van der Waals surface area (Å²) in [5, 5.41) is 2.62. The number of hydrogen-bond donors (Lipinski definition) is 2. The second kappa shape index (κ2) is 6.66. The van der Waals surface area contributed by atoms with E-state index in [0.29, 0.717) is 11.3 Å². The number of benzene rings is 1. The van der Waals surface area contributed by atoms with Crippen LogP contribution in [0.5, 0.6) is 5.75 Å². The summed E-state index contributed by atoms with van der Waals surface area (Å²) in [4.78, 5) is 41.9. The van der Waals surface area contributed by atoms with Crippen LogP contribution in [0.3, 0.4) is 0 Å². The normalized spacial score (nSPS) is 20.4. The van der Waals surface area contributed by atoms with Crippen molar-refractivity contribution in [1.82, 2.24) is 15.7 Å². The predicted octanol–water partition coefficient (Wildman–Crippen LogP) is 0.530. The molecular formula is C15H19N3O5. The van der Waals surface area contributed by atoms with E-state index in [1.807, 2.05) is 0 Å². The van der Waals surface area contributed by atoms with E-state index in [-0.39, 0.29) is 6.61 Å². The molecule has 1 aromatic carbocycles. The van der Waals surface area contributed by atoms with Crippen molar-refractivity contribution in [3.63, 3.8) is 0 Å². The third kappa shape index (κ3) is 3.26. The van der Waals surface area contributed by atoms with Crippen LogP contribution in [0.15, 0.2) is 24.3 Å². The molecule has 1 aliphatic rings. The fraction of sp³-hybridized carbons (Fsp3) is 0.400. The zero-order valence-electron chi connectivity index (χ0n) is 13.2. The minimum Gasteiger partial charge on any atom is -0.497 e. The molecule has 0 radical (unpaired) electrons. The van der Waals surface area contributed by atoms with Gasteiger partial charge in [-0.15, -0.1) is 0 Å². The van der Waals surface area contributed by atoms with Crippen molar-refractivity contribution in [2.24, 2.45) is 0 Å². The first-order chi connectivity index (χ1) is 10.9. The fourth-order valence-corrected chi connectivity index (χ4v) is 2.29. The lowest BCUT2D eigenvalue weighted by Crippen LogP contribution is -2.43. The number of imide groups is 1. The smallest absolute Gasteiger partial charge is 0.325 e. The lowest BCUT2D eigenvalue weighted by atomic mass is 9.92. The van der Waals surface area contributed by atoms with Crippen molar-refractivity contribution in [1.29, 1.82) is 0 Å². The molecule has 1 atom stereocenters. The Morgan fingerprint density at radius 3 is 2.52 bits per heavy atom. The number of urea groups is 1. The van der Waals surface area contributed by atoms with Gasteiger partial charge >= 0.3 is 6.03 Å². The van der Waals surface area contributed by atoms with Gasteiger partial charge < -0.3 is 10.1 Å². The van der Waals surface area contributed by atoms with Crippen LogP contribution in [0.1, 0.15) is 19.4 Å². The maximum atomic E-state index is 12.6. The third-order valence-electron chi connectivity index (χ3n) is 3.57. The first kappa shape index (κ1) is 16.8. The Kier molecular flexibility index (Phi) is 4.85. The average molecular weight is 321 g/mol. The maximum Gasteiger partial charge on any atom is 0.325 e. The van der Waals surface area contributed by atoms with Crippen molar-refractivity contribution >= 4 is 17.8 Å². The molecule has 4 amide bonds. The number of carbonyl (C=O) groups excluding carboxylic acids is 3. The molecule has 1 aromatic rings. The monoisotopic (exact) mass is 321 g/mol. The van der Waals surface area contributed by atoms with Crippen LogP contribution in [0, 0.1) is 0 Å². The van der Waals surface area contributed by atoms with Gasteiger partial charge in [0, 0.05) is 0 Å². The number of methoxy groups -OCH3 is 1. The summed E-state index contributed by atoms with van der Waals surface area (Å²) >= 11 is 0. The van der Waals surface area contributed by atoms with Crippen molar-refractivity contribution in [3.05, 3.63) is 29.8 Å². The van der Waals surface area contributed by atoms with Gasteiger partial charge in [0.05, 0.1) is 13.7 Å². The second-order valence-electron chi connectivity index (χ2n) is 5.13. The molecule has 0 spiro atoms. The van der Waals surface area contributed by atoms with Gasteiger partial charge in [-0.05, 0) is 31.5 Å². The highest BCUT2D eigenvalue weighted by atomic mass is 16.6. The first-order valence-electron chi connectivity index (χ1n) is 7.11. The van der Waals surface area contributed by atoms with Gasteiger partial charge in [0.1, 0.15) is 17.8 Å². The van der Waals surface area contributed by atoms with Crippen LogP contribution in [0.25, 0.3) is 0 Å². The average Bonchev–Trinajstić information content (AvgIpc) is 2.77. The molecule has 1 fully saturated rings. The van der Waals surface area contributed by atoms with Gasteiger partial charge in [-0.25, -0.2) is 10.3 Å². The molecule has 1 aliphatic heterocycles. The molecule has 1 saturated heterocycles. The van der Waals surface area contributed by atoms with Crippen molar-refractivity contribution in [3.8, 4) is 5.75 Å². The zero-order valence-corrected chi connectivity index (χ0v) is 13.2. The SMILES string of the molecule is CCONC(=O)CN1C(=O)N[C@@](C)(c2ccc(OC)cc2)C1=O. The van der Waals surface area contributed by atoms with Gasteiger partial charge in [-0.1, -0.05) is 12.1 Å².